The maximum atomic E-state index is 12.7. The van der Waals surface area contributed by atoms with Gasteiger partial charge in [0.15, 0.2) is 0 Å². The van der Waals surface area contributed by atoms with Crippen LogP contribution in [0.2, 0.25) is 0 Å². The summed E-state index contributed by atoms with van der Waals surface area (Å²) in [6, 6.07) is 7.46. The monoisotopic (exact) mass is 445 g/mol. The molecule has 0 saturated carbocycles. The van der Waals surface area contributed by atoms with Gasteiger partial charge in [0, 0.05) is 31.1 Å². The quantitative estimate of drug-likeness (QED) is 0.609. The fourth-order valence-electron chi connectivity index (χ4n) is 3.43. The summed E-state index contributed by atoms with van der Waals surface area (Å²) in [5.41, 5.74) is 1.21. The minimum Gasteiger partial charge on any atom is -0.497 e. The van der Waals surface area contributed by atoms with E-state index in [4.69, 9.17) is 9.47 Å². The second-order valence-electron chi connectivity index (χ2n) is 7.33. The number of esters is 1. The van der Waals surface area contributed by atoms with Gasteiger partial charge in [-0.05, 0) is 44.0 Å². The number of likely N-dealkylation sites (N-methyl/N-ethyl adjacent to an activating group) is 1. The van der Waals surface area contributed by atoms with Crippen molar-refractivity contribution >= 4 is 29.1 Å². The minimum atomic E-state index is -0.300. The van der Waals surface area contributed by atoms with Crippen molar-refractivity contribution < 1.29 is 23.9 Å². The molecular weight excluding hydrogens is 418 g/mol. The Hall–Kier alpha value is -2.94. The van der Waals surface area contributed by atoms with Gasteiger partial charge in [0.1, 0.15) is 16.5 Å². The third-order valence-corrected chi connectivity index (χ3v) is 6.14. The number of methoxy groups -OCH3 is 1. The number of likely N-dealkylation sites (tertiary alicyclic amines) is 1. The molecule has 0 atom stereocenters. The van der Waals surface area contributed by atoms with Crippen LogP contribution < -0.4 is 4.74 Å². The smallest absolute Gasteiger partial charge is 0.309 e. The van der Waals surface area contributed by atoms with Crippen molar-refractivity contribution in [1.82, 2.24) is 14.8 Å². The molecule has 1 aromatic carbocycles. The van der Waals surface area contributed by atoms with Crippen LogP contribution in [0, 0.1) is 5.92 Å². The largest absolute Gasteiger partial charge is 0.497 e. The average molecular weight is 446 g/mol. The van der Waals surface area contributed by atoms with E-state index >= 15 is 0 Å². The van der Waals surface area contributed by atoms with Gasteiger partial charge >= 0.3 is 5.97 Å². The highest BCUT2D eigenvalue weighted by atomic mass is 32.1. The van der Waals surface area contributed by atoms with Crippen LogP contribution in [0.15, 0.2) is 29.6 Å². The summed E-state index contributed by atoms with van der Waals surface area (Å²) in [5, 5.41) is 2.43. The van der Waals surface area contributed by atoms with E-state index in [-0.39, 0.29) is 30.2 Å². The lowest BCUT2D eigenvalue weighted by Gasteiger charge is -2.32. The summed E-state index contributed by atoms with van der Waals surface area (Å²) in [7, 11) is 3.20. The molecule has 2 amide bonds. The van der Waals surface area contributed by atoms with Gasteiger partial charge in [-0.3, -0.25) is 14.4 Å². The van der Waals surface area contributed by atoms with Crippen molar-refractivity contribution in [2.24, 2.45) is 5.92 Å². The molecule has 1 aromatic heterocycles. The highest BCUT2D eigenvalue weighted by molar-refractivity contribution is 7.13. The second kappa shape index (κ2) is 10.4. The lowest BCUT2D eigenvalue weighted by molar-refractivity contribution is -0.151. The lowest BCUT2D eigenvalue weighted by Crippen LogP contribution is -2.45. The van der Waals surface area contributed by atoms with Gasteiger partial charge in [-0.2, -0.15) is 0 Å². The minimum absolute atomic E-state index is 0.0295. The predicted octanol–water partition coefficient (Wildman–Crippen LogP) is 2.69. The molecule has 2 heterocycles. The first-order chi connectivity index (χ1) is 14.9. The van der Waals surface area contributed by atoms with Gasteiger partial charge in [0.2, 0.25) is 5.91 Å². The maximum absolute atomic E-state index is 12.7. The molecule has 0 unspecified atom stereocenters. The molecule has 8 nitrogen and oxygen atoms in total. The molecule has 0 aliphatic carbocycles. The molecule has 0 N–H and O–H groups in total. The number of aromatic nitrogens is 1. The zero-order valence-corrected chi connectivity index (χ0v) is 18.8. The molecule has 1 aliphatic rings. The van der Waals surface area contributed by atoms with Crippen LogP contribution in [0.5, 0.6) is 5.75 Å². The molecule has 2 aromatic rings. The SMILES string of the molecule is CCOC(=O)C1CCN(C(=O)CN(C)C(=O)c2csc(-c3ccc(OC)cc3)n2)CC1. The van der Waals surface area contributed by atoms with Gasteiger partial charge in [0.25, 0.3) is 5.91 Å². The maximum Gasteiger partial charge on any atom is 0.309 e. The molecule has 166 valence electrons. The normalized spacial score (nSPS) is 14.2. The van der Waals surface area contributed by atoms with Crippen LogP contribution in [-0.4, -0.2) is 73.0 Å². The van der Waals surface area contributed by atoms with Crippen LogP contribution in [-0.2, 0) is 14.3 Å². The molecule has 1 saturated heterocycles. The predicted molar refractivity (Wildman–Crippen MR) is 117 cm³/mol. The highest BCUT2D eigenvalue weighted by Gasteiger charge is 2.29. The van der Waals surface area contributed by atoms with Crippen LogP contribution >= 0.6 is 11.3 Å². The van der Waals surface area contributed by atoms with E-state index in [1.54, 1.807) is 31.4 Å². The number of carbonyl (C=O) groups is 3. The number of nitrogens with zero attached hydrogens (tertiary/aromatic N) is 3. The number of carbonyl (C=O) groups excluding carboxylic acids is 3. The number of amides is 2. The zero-order chi connectivity index (χ0) is 22.4. The highest BCUT2D eigenvalue weighted by Crippen LogP contribution is 2.26. The van der Waals surface area contributed by atoms with E-state index in [1.165, 1.54) is 16.2 Å². The van der Waals surface area contributed by atoms with E-state index in [0.29, 0.717) is 38.2 Å². The summed E-state index contributed by atoms with van der Waals surface area (Å²) in [6.07, 6.45) is 1.17. The summed E-state index contributed by atoms with van der Waals surface area (Å²) in [4.78, 5) is 44.7. The third-order valence-electron chi connectivity index (χ3n) is 5.25. The van der Waals surface area contributed by atoms with Gasteiger partial charge in [-0.1, -0.05) is 0 Å². The molecule has 1 fully saturated rings. The standard InChI is InChI=1S/C22H27N3O5S/c1-4-30-22(28)16-9-11-25(12-10-16)19(26)13-24(2)21(27)18-14-31-20(23-18)15-5-7-17(29-3)8-6-15/h5-8,14,16H,4,9-13H2,1-3H3. The first-order valence-corrected chi connectivity index (χ1v) is 11.1. The number of thiazole rings is 1. The summed E-state index contributed by atoms with van der Waals surface area (Å²) in [6.45, 7) is 3.09. The van der Waals surface area contributed by atoms with Crippen LogP contribution in [0.1, 0.15) is 30.3 Å². The Kier molecular flexibility index (Phi) is 7.62. The average Bonchev–Trinajstić information content (AvgIpc) is 3.29. The molecule has 0 radical (unpaired) electrons. The van der Waals surface area contributed by atoms with Crippen molar-refractivity contribution in [1.29, 1.82) is 0 Å². The Bertz CT molecular complexity index is 919. The Morgan fingerprint density at radius 3 is 2.48 bits per heavy atom. The number of piperidine rings is 1. The van der Waals surface area contributed by atoms with Gasteiger partial charge in [-0.15, -0.1) is 11.3 Å². The summed E-state index contributed by atoms with van der Waals surface area (Å²) in [5.74, 6) is -0.0384. The van der Waals surface area contributed by atoms with E-state index in [0.717, 1.165) is 16.3 Å². The van der Waals surface area contributed by atoms with Gasteiger partial charge in [0.05, 0.1) is 26.2 Å². The number of hydrogen-bond acceptors (Lipinski definition) is 7. The topological polar surface area (TPSA) is 89.0 Å². The summed E-state index contributed by atoms with van der Waals surface area (Å²) < 4.78 is 10.2. The Labute approximate surface area is 185 Å². The molecular formula is C22H27N3O5S. The van der Waals surface area contributed by atoms with Crippen molar-refractivity contribution in [2.45, 2.75) is 19.8 Å². The first kappa shape index (κ1) is 22.7. The van der Waals surface area contributed by atoms with Crippen molar-refractivity contribution in [2.75, 3.05) is 40.4 Å². The first-order valence-electron chi connectivity index (χ1n) is 10.2. The van der Waals surface area contributed by atoms with E-state index < -0.39 is 0 Å². The van der Waals surface area contributed by atoms with Crippen LogP contribution in [0.25, 0.3) is 10.6 Å². The van der Waals surface area contributed by atoms with E-state index in [9.17, 15) is 14.4 Å². The van der Waals surface area contributed by atoms with Crippen molar-refractivity contribution in [3.05, 3.63) is 35.3 Å². The van der Waals surface area contributed by atoms with Crippen molar-refractivity contribution in [3.8, 4) is 16.3 Å². The molecule has 0 spiro atoms. The van der Waals surface area contributed by atoms with Gasteiger partial charge < -0.3 is 19.3 Å². The zero-order valence-electron chi connectivity index (χ0n) is 18.0. The van der Waals surface area contributed by atoms with E-state index in [1.807, 2.05) is 24.3 Å². The van der Waals surface area contributed by atoms with Crippen LogP contribution in [0.3, 0.4) is 0 Å². The number of ether oxygens (including phenoxy) is 2. The fraction of sp³-hybridized carbons (Fsp3) is 0.455. The van der Waals surface area contributed by atoms with Gasteiger partial charge in [-0.25, -0.2) is 4.98 Å². The fourth-order valence-corrected chi connectivity index (χ4v) is 4.23. The van der Waals surface area contributed by atoms with Crippen LogP contribution in [0.4, 0.5) is 0 Å². The Morgan fingerprint density at radius 2 is 1.87 bits per heavy atom. The Balaban J connectivity index is 1.54. The van der Waals surface area contributed by atoms with Crippen molar-refractivity contribution in [3.63, 3.8) is 0 Å². The molecule has 1 aliphatic heterocycles. The molecule has 9 heteroatoms. The number of rotatable bonds is 7. The molecule has 0 bridgehead atoms. The van der Waals surface area contributed by atoms with E-state index in [2.05, 4.69) is 4.98 Å². The number of hydrogen-bond donors (Lipinski definition) is 0. The molecule has 3 rings (SSSR count). The second-order valence-corrected chi connectivity index (χ2v) is 8.19. The number of benzene rings is 1. The third kappa shape index (κ3) is 5.61. The molecule has 31 heavy (non-hydrogen) atoms. The lowest BCUT2D eigenvalue weighted by atomic mass is 9.97. The Morgan fingerprint density at radius 1 is 1.19 bits per heavy atom. The summed E-state index contributed by atoms with van der Waals surface area (Å²) >= 11 is 1.38.